The van der Waals surface area contributed by atoms with E-state index in [1.807, 2.05) is 19.9 Å². The molecule has 4 heteroatoms. The number of rotatable bonds is 7. The summed E-state index contributed by atoms with van der Waals surface area (Å²) < 4.78 is 11.3. The molecule has 1 heterocycles. The molecule has 19 heavy (non-hydrogen) atoms. The van der Waals surface area contributed by atoms with E-state index in [1.165, 1.54) is 0 Å². The second-order valence-electron chi connectivity index (χ2n) is 5.07. The zero-order chi connectivity index (χ0) is 14.5. The van der Waals surface area contributed by atoms with Crippen LogP contribution in [0.1, 0.15) is 52.1 Å². The summed E-state index contributed by atoms with van der Waals surface area (Å²) in [7, 11) is 1.72. The fourth-order valence-corrected chi connectivity index (χ4v) is 2.35. The molecule has 108 valence electrons. The molecular weight excluding hydrogens is 240 g/mol. The maximum atomic E-state index is 6.38. The molecule has 1 aromatic heterocycles. The molecule has 0 fully saturated rings. The molecule has 2 N–H and O–H groups in total. The van der Waals surface area contributed by atoms with Gasteiger partial charge in [0.05, 0.1) is 23.9 Å². The number of ether oxygens (including phenoxy) is 2. The second kappa shape index (κ2) is 6.87. The van der Waals surface area contributed by atoms with Gasteiger partial charge in [0.1, 0.15) is 5.75 Å². The van der Waals surface area contributed by atoms with Crippen molar-refractivity contribution >= 4 is 0 Å². The fraction of sp³-hybridized carbons (Fsp3) is 0.667. The SMILES string of the molecule is CCC(CC)(OC)C(N)c1cncc(OC(C)C)c1. The van der Waals surface area contributed by atoms with Gasteiger partial charge in [-0.1, -0.05) is 13.8 Å². The minimum atomic E-state index is -0.349. The first kappa shape index (κ1) is 15.9. The second-order valence-corrected chi connectivity index (χ2v) is 5.07. The van der Waals surface area contributed by atoms with Crippen molar-refractivity contribution in [1.82, 2.24) is 4.98 Å². The van der Waals surface area contributed by atoms with Gasteiger partial charge in [-0.25, -0.2) is 0 Å². The highest BCUT2D eigenvalue weighted by Gasteiger charge is 2.34. The molecule has 1 rings (SSSR count). The fourth-order valence-electron chi connectivity index (χ4n) is 2.35. The molecule has 0 spiro atoms. The minimum absolute atomic E-state index is 0.123. The van der Waals surface area contributed by atoms with Gasteiger partial charge < -0.3 is 15.2 Å². The lowest BCUT2D eigenvalue weighted by Crippen LogP contribution is -2.42. The van der Waals surface area contributed by atoms with Crippen LogP contribution in [0, 0.1) is 0 Å². The van der Waals surface area contributed by atoms with Crippen molar-refractivity contribution in [3.8, 4) is 5.75 Å². The van der Waals surface area contributed by atoms with Gasteiger partial charge >= 0.3 is 0 Å². The minimum Gasteiger partial charge on any atom is -0.489 e. The number of hydrogen-bond acceptors (Lipinski definition) is 4. The monoisotopic (exact) mass is 266 g/mol. The summed E-state index contributed by atoms with van der Waals surface area (Å²) >= 11 is 0. The van der Waals surface area contributed by atoms with Crippen LogP contribution in [0.4, 0.5) is 0 Å². The molecule has 0 aliphatic carbocycles. The number of aromatic nitrogens is 1. The van der Waals surface area contributed by atoms with Crippen LogP contribution in [-0.4, -0.2) is 23.8 Å². The van der Waals surface area contributed by atoms with Gasteiger partial charge in [-0.15, -0.1) is 0 Å². The summed E-state index contributed by atoms with van der Waals surface area (Å²) in [5.41, 5.74) is 6.98. The molecule has 4 nitrogen and oxygen atoms in total. The average molecular weight is 266 g/mol. The van der Waals surface area contributed by atoms with Gasteiger partial charge in [0.2, 0.25) is 0 Å². The van der Waals surface area contributed by atoms with E-state index in [1.54, 1.807) is 19.5 Å². The van der Waals surface area contributed by atoms with Crippen molar-refractivity contribution in [2.75, 3.05) is 7.11 Å². The first-order valence-electron chi connectivity index (χ1n) is 6.91. The van der Waals surface area contributed by atoms with Crippen molar-refractivity contribution in [1.29, 1.82) is 0 Å². The van der Waals surface area contributed by atoms with Gasteiger partial charge in [0.15, 0.2) is 0 Å². The molecule has 0 bridgehead atoms. The maximum absolute atomic E-state index is 6.38. The third-order valence-electron chi connectivity index (χ3n) is 3.64. The summed E-state index contributed by atoms with van der Waals surface area (Å²) in [5, 5.41) is 0. The van der Waals surface area contributed by atoms with Crippen molar-refractivity contribution in [3.05, 3.63) is 24.0 Å². The van der Waals surface area contributed by atoms with E-state index in [0.717, 1.165) is 24.2 Å². The van der Waals surface area contributed by atoms with Crippen LogP contribution < -0.4 is 10.5 Å². The quantitative estimate of drug-likeness (QED) is 0.824. The number of nitrogens with zero attached hydrogens (tertiary/aromatic N) is 1. The summed E-state index contributed by atoms with van der Waals surface area (Å²) in [6.07, 6.45) is 5.34. The topological polar surface area (TPSA) is 57.4 Å². The van der Waals surface area contributed by atoms with Crippen LogP contribution >= 0.6 is 0 Å². The Balaban J connectivity index is 3.01. The summed E-state index contributed by atoms with van der Waals surface area (Å²) in [4.78, 5) is 4.21. The number of nitrogens with two attached hydrogens (primary N) is 1. The summed E-state index contributed by atoms with van der Waals surface area (Å²) in [6, 6.07) is 1.74. The van der Waals surface area contributed by atoms with Crippen molar-refractivity contribution in [3.63, 3.8) is 0 Å². The molecule has 0 radical (unpaired) electrons. The van der Waals surface area contributed by atoms with Gasteiger partial charge in [-0.2, -0.15) is 0 Å². The lowest BCUT2D eigenvalue weighted by atomic mass is 9.85. The first-order valence-corrected chi connectivity index (χ1v) is 6.91. The number of methoxy groups -OCH3 is 1. The van der Waals surface area contributed by atoms with Crippen LogP contribution in [0.2, 0.25) is 0 Å². The Labute approximate surface area is 116 Å². The molecule has 1 aromatic rings. The molecule has 0 aliphatic heterocycles. The summed E-state index contributed by atoms with van der Waals surface area (Å²) in [5.74, 6) is 0.750. The van der Waals surface area contributed by atoms with Crippen LogP contribution in [0.3, 0.4) is 0 Å². The van der Waals surface area contributed by atoms with E-state index < -0.39 is 0 Å². The molecular formula is C15H26N2O2. The van der Waals surface area contributed by atoms with E-state index in [4.69, 9.17) is 15.2 Å². The Morgan fingerprint density at radius 3 is 2.37 bits per heavy atom. The predicted octanol–water partition coefficient (Wildman–Crippen LogP) is 3.07. The van der Waals surface area contributed by atoms with E-state index in [2.05, 4.69) is 18.8 Å². The van der Waals surface area contributed by atoms with Gasteiger partial charge in [-0.3, -0.25) is 4.98 Å². The van der Waals surface area contributed by atoms with Gasteiger partial charge in [0.25, 0.3) is 0 Å². The number of hydrogen-bond donors (Lipinski definition) is 1. The molecule has 0 amide bonds. The van der Waals surface area contributed by atoms with E-state index in [0.29, 0.717) is 0 Å². The molecule has 0 aliphatic rings. The molecule has 0 saturated carbocycles. The van der Waals surface area contributed by atoms with Crippen LogP contribution in [0.15, 0.2) is 18.5 Å². The molecule has 0 saturated heterocycles. The van der Waals surface area contributed by atoms with Crippen molar-refractivity contribution in [2.24, 2.45) is 5.73 Å². The highest BCUT2D eigenvalue weighted by atomic mass is 16.5. The Bertz CT molecular complexity index is 381. The normalized spacial score (nSPS) is 13.6. The Morgan fingerprint density at radius 2 is 1.89 bits per heavy atom. The third kappa shape index (κ3) is 3.67. The lowest BCUT2D eigenvalue weighted by Gasteiger charge is -2.36. The Hall–Kier alpha value is -1.13. The van der Waals surface area contributed by atoms with E-state index >= 15 is 0 Å². The van der Waals surface area contributed by atoms with Crippen LogP contribution in [0.5, 0.6) is 5.75 Å². The highest BCUT2D eigenvalue weighted by molar-refractivity contribution is 5.28. The summed E-state index contributed by atoms with van der Waals surface area (Å²) in [6.45, 7) is 8.16. The smallest absolute Gasteiger partial charge is 0.138 e. The maximum Gasteiger partial charge on any atom is 0.138 e. The van der Waals surface area contributed by atoms with Gasteiger partial charge in [0, 0.05) is 13.3 Å². The zero-order valence-electron chi connectivity index (χ0n) is 12.6. The van der Waals surface area contributed by atoms with E-state index in [-0.39, 0.29) is 17.7 Å². The predicted molar refractivity (Wildman–Crippen MR) is 77.3 cm³/mol. The lowest BCUT2D eigenvalue weighted by molar-refractivity contribution is -0.0386. The Kier molecular flexibility index (Phi) is 5.76. The molecule has 0 aromatic carbocycles. The third-order valence-corrected chi connectivity index (χ3v) is 3.64. The standard InChI is InChI=1S/C15H26N2O2/c1-6-15(7-2,18-5)14(16)12-8-13(10-17-9-12)19-11(3)4/h8-11,14H,6-7,16H2,1-5H3. The highest BCUT2D eigenvalue weighted by Crippen LogP contribution is 2.33. The van der Waals surface area contributed by atoms with Gasteiger partial charge in [-0.05, 0) is 38.3 Å². The van der Waals surface area contributed by atoms with Crippen LogP contribution in [0.25, 0.3) is 0 Å². The molecule has 1 unspecified atom stereocenters. The average Bonchev–Trinajstić information content (AvgIpc) is 2.40. The van der Waals surface area contributed by atoms with E-state index in [9.17, 15) is 0 Å². The largest absolute Gasteiger partial charge is 0.489 e. The van der Waals surface area contributed by atoms with Crippen molar-refractivity contribution in [2.45, 2.75) is 58.3 Å². The Morgan fingerprint density at radius 1 is 1.26 bits per heavy atom. The van der Waals surface area contributed by atoms with Crippen LogP contribution in [-0.2, 0) is 4.74 Å². The molecule has 1 atom stereocenters. The number of pyridine rings is 1. The van der Waals surface area contributed by atoms with Crippen molar-refractivity contribution < 1.29 is 9.47 Å². The zero-order valence-corrected chi connectivity index (χ0v) is 12.6. The first-order chi connectivity index (χ1) is 8.99.